The van der Waals surface area contributed by atoms with Gasteiger partial charge in [0, 0.05) is 30.9 Å². The van der Waals surface area contributed by atoms with Gasteiger partial charge < -0.3 is 14.9 Å². The van der Waals surface area contributed by atoms with Crippen LogP contribution in [0, 0.1) is 17.3 Å². The van der Waals surface area contributed by atoms with E-state index in [-0.39, 0.29) is 40.1 Å². The Kier molecular flexibility index (Phi) is 7.66. The minimum atomic E-state index is -1.01. The van der Waals surface area contributed by atoms with Crippen LogP contribution in [0.4, 0.5) is 10.5 Å². The van der Waals surface area contributed by atoms with Gasteiger partial charge in [0.25, 0.3) is 5.91 Å². The summed E-state index contributed by atoms with van der Waals surface area (Å²) < 4.78 is 0. The third-order valence-electron chi connectivity index (χ3n) is 10.1. The van der Waals surface area contributed by atoms with E-state index in [1.54, 1.807) is 16.8 Å². The second-order valence-electron chi connectivity index (χ2n) is 13.4. The van der Waals surface area contributed by atoms with E-state index in [4.69, 9.17) is 0 Å². The molecule has 1 spiro atoms. The molecule has 1 aromatic rings. The van der Waals surface area contributed by atoms with Gasteiger partial charge in [-0.1, -0.05) is 26.8 Å². The van der Waals surface area contributed by atoms with Crippen molar-refractivity contribution in [2.24, 2.45) is 17.3 Å². The summed E-state index contributed by atoms with van der Waals surface area (Å²) in [5.74, 6) is -0.722. The number of hydrogen-bond acceptors (Lipinski definition) is 5. The first kappa shape index (κ1) is 28.8. The quantitative estimate of drug-likeness (QED) is 0.414. The second-order valence-corrected chi connectivity index (χ2v) is 14.4. The summed E-state index contributed by atoms with van der Waals surface area (Å²) in [6.45, 7) is 6.73. The van der Waals surface area contributed by atoms with Crippen molar-refractivity contribution in [1.82, 2.24) is 9.80 Å². The van der Waals surface area contributed by atoms with E-state index >= 15 is 0 Å². The molecule has 4 aliphatic rings. The summed E-state index contributed by atoms with van der Waals surface area (Å²) in [7, 11) is 3.21. The highest BCUT2D eigenvalue weighted by Gasteiger charge is 2.56. The van der Waals surface area contributed by atoms with Gasteiger partial charge in [-0.15, -0.1) is 11.3 Å². The Balaban J connectivity index is 1.49. The predicted octanol–water partition coefficient (Wildman–Crippen LogP) is 6.40. The van der Waals surface area contributed by atoms with Crippen molar-refractivity contribution in [3.63, 3.8) is 0 Å². The molecule has 218 valence electrons. The number of hydrogen-bond donors (Lipinski definition) is 1. The lowest BCUT2D eigenvalue weighted by molar-refractivity contribution is -0.133. The third kappa shape index (κ3) is 4.99. The molecule has 1 saturated heterocycles. The number of thiophene rings is 1. The van der Waals surface area contributed by atoms with Gasteiger partial charge in [-0.3, -0.25) is 14.5 Å². The molecule has 2 saturated carbocycles. The largest absolute Gasteiger partial charge is 0.477 e. The lowest BCUT2D eigenvalue weighted by Gasteiger charge is -2.43. The first-order valence-electron chi connectivity index (χ1n) is 14.8. The van der Waals surface area contributed by atoms with Crippen LogP contribution in [-0.4, -0.2) is 64.4 Å². The number of aromatic carboxylic acids is 1. The van der Waals surface area contributed by atoms with Crippen LogP contribution in [0.15, 0.2) is 12.1 Å². The van der Waals surface area contributed by atoms with Gasteiger partial charge in [-0.05, 0) is 93.6 Å². The first-order chi connectivity index (χ1) is 18.8. The van der Waals surface area contributed by atoms with Gasteiger partial charge in [-0.25, -0.2) is 9.59 Å². The number of anilines is 1. The molecule has 40 heavy (non-hydrogen) atoms. The topological polar surface area (TPSA) is 98.2 Å². The smallest absolute Gasteiger partial charge is 0.348 e. The Labute approximate surface area is 241 Å². The van der Waals surface area contributed by atoms with E-state index in [1.165, 1.54) is 28.9 Å². The molecular weight excluding hydrogens is 526 g/mol. The fraction of sp³-hybridized carbons (Fsp3) is 0.677. The lowest BCUT2D eigenvalue weighted by Crippen LogP contribution is -2.55. The number of carbonyl (C=O) groups excluding carboxylic acids is 3. The Morgan fingerprint density at radius 2 is 1.68 bits per heavy atom. The SMILES string of the molecule is CN1C(=O)N(C)C2(CCC(N(c3cc(C4=CCC(C)(C)CC4)sc3C(=O)O)C(=O)[C@H]3CC[C@H](C)CC3)CC2)C1=O. The minimum absolute atomic E-state index is 0.0118. The number of carbonyl (C=O) groups is 4. The van der Waals surface area contributed by atoms with E-state index in [0.717, 1.165) is 49.8 Å². The van der Waals surface area contributed by atoms with E-state index in [1.807, 2.05) is 6.07 Å². The van der Waals surface area contributed by atoms with Gasteiger partial charge >= 0.3 is 12.0 Å². The van der Waals surface area contributed by atoms with E-state index in [0.29, 0.717) is 37.3 Å². The zero-order valence-electron chi connectivity index (χ0n) is 24.5. The fourth-order valence-corrected chi connectivity index (χ4v) is 8.27. The number of rotatable bonds is 5. The van der Waals surface area contributed by atoms with Gasteiger partial charge in [0.05, 0.1) is 5.69 Å². The van der Waals surface area contributed by atoms with Crippen LogP contribution in [-0.2, 0) is 9.59 Å². The van der Waals surface area contributed by atoms with Crippen molar-refractivity contribution in [3.8, 4) is 0 Å². The average molecular weight is 570 g/mol. The molecule has 0 aromatic carbocycles. The van der Waals surface area contributed by atoms with Gasteiger partial charge in [-0.2, -0.15) is 0 Å². The number of carboxylic acid groups (broad SMARTS) is 1. The normalized spacial score (nSPS) is 30.5. The molecule has 3 aliphatic carbocycles. The highest BCUT2D eigenvalue weighted by atomic mass is 32.1. The molecule has 2 heterocycles. The maximum absolute atomic E-state index is 14.3. The average Bonchev–Trinajstić information content (AvgIpc) is 3.42. The van der Waals surface area contributed by atoms with Crippen LogP contribution in [0.1, 0.15) is 106 Å². The van der Waals surface area contributed by atoms with Crippen molar-refractivity contribution in [2.45, 2.75) is 103 Å². The zero-order valence-corrected chi connectivity index (χ0v) is 25.3. The second kappa shape index (κ2) is 10.6. The molecule has 0 radical (unpaired) electrons. The predicted molar refractivity (Wildman–Crippen MR) is 156 cm³/mol. The third-order valence-corrected chi connectivity index (χ3v) is 11.3. The van der Waals surface area contributed by atoms with Crippen molar-refractivity contribution in [3.05, 3.63) is 21.9 Å². The molecule has 0 atom stereocenters. The van der Waals surface area contributed by atoms with Crippen molar-refractivity contribution in [2.75, 3.05) is 19.0 Å². The number of amides is 4. The molecule has 1 aliphatic heterocycles. The highest BCUT2D eigenvalue weighted by molar-refractivity contribution is 7.15. The van der Waals surface area contributed by atoms with Gasteiger partial charge in [0.2, 0.25) is 5.91 Å². The van der Waals surface area contributed by atoms with Crippen molar-refractivity contribution >= 4 is 46.4 Å². The number of allylic oxidation sites excluding steroid dienone is 2. The number of nitrogens with zero attached hydrogens (tertiary/aromatic N) is 3. The summed E-state index contributed by atoms with van der Waals surface area (Å²) >= 11 is 1.28. The minimum Gasteiger partial charge on any atom is -0.477 e. The molecule has 0 unspecified atom stereocenters. The molecular formula is C31H43N3O5S. The zero-order chi connectivity index (χ0) is 29.0. The maximum atomic E-state index is 14.3. The molecule has 1 N–H and O–H groups in total. The Morgan fingerprint density at radius 1 is 1.02 bits per heavy atom. The van der Waals surface area contributed by atoms with Crippen LogP contribution >= 0.6 is 11.3 Å². The molecule has 3 fully saturated rings. The monoisotopic (exact) mass is 569 g/mol. The first-order valence-corrected chi connectivity index (χ1v) is 15.6. The van der Waals surface area contributed by atoms with Gasteiger partial charge in [0.1, 0.15) is 10.4 Å². The maximum Gasteiger partial charge on any atom is 0.348 e. The summed E-state index contributed by atoms with van der Waals surface area (Å²) in [6, 6.07) is 1.42. The molecule has 0 bridgehead atoms. The molecule has 1 aromatic heterocycles. The highest BCUT2D eigenvalue weighted by Crippen LogP contribution is 2.46. The van der Waals surface area contributed by atoms with Crippen LogP contribution in [0.3, 0.4) is 0 Å². The lowest BCUT2D eigenvalue weighted by atomic mass is 9.77. The number of carboxylic acids is 1. The Bertz CT molecular complexity index is 1230. The van der Waals surface area contributed by atoms with Gasteiger partial charge in [0.15, 0.2) is 0 Å². The molecule has 5 rings (SSSR count). The molecule has 8 nitrogen and oxygen atoms in total. The van der Waals surface area contributed by atoms with Crippen molar-refractivity contribution in [1.29, 1.82) is 0 Å². The van der Waals surface area contributed by atoms with Crippen LogP contribution in [0.25, 0.3) is 5.57 Å². The summed E-state index contributed by atoms with van der Waals surface area (Å²) in [4.78, 5) is 58.3. The molecule has 9 heteroatoms. The number of imide groups is 1. The standard InChI is InChI=1S/C31H43N3O5S/c1-19-6-8-21(9-7-19)26(35)34(22-12-16-31(17-13-22)28(38)32(4)29(39)33(31)5)23-18-24(40-25(23)27(36)37)20-10-14-30(2,3)15-11-20/h10,18-19,21-22H,6-9,11-17H2,1-5H3,(H,36,37)/t19-,21-,22?,31?. The Hall–Kier alpha value is -2.68. The molecule has 4 amide bonds. The van der Waals surface area contributed by atoms with Crippen LogP contribution in [0.2, 0.25) is 0 Å². The van der Waals surface area contributed by atoms with E-state index in [2.05, 4.69) is 26.8 Å². The summed E-state index contributed by atoms with van der Waals surface area (Å²) in [5.41, 5.74) is 1.02. The van der Waals surface area contributed by atoms with Crippen LogP contribution < -0.4 is 4.90 Å². The summed E-state index contributed by atoms with van der Waals surface area (Å²) in [6.07, 6.45) is 10.7. The van der Waals surface area contributed by atoms with Crippen molar-refractivity contribution < 1.29 is 24.3 Å². The number of urea groups is 1. The fourth-order valence-electron chi connectivity index (χ4n) is 7.21. The van der Waals surface area contributed by atoms with Crippen LogP contribution in [0.5, 0.6) is 0 Å². The number of likely N-dealkylation sites (N-methyl/N-ethyl adjacent to an activating group) is 2. The summed E-state index contributed by atoms with van der Waals surface area (Å²) in [5, 5.41) is 10.3. The Morgan fingerprint density at radius 3 is 2.20 bits per heavy atom. The van der Waals surface area contributed by atoms with E-state index < -0.39 is 11.5 Å². The van der Waals surface area contributed by atoms with E-state index in [9.17, 15) is 24.3 Å².